The third kappa shape index (κ3) is 9.22. The van der Waals surface area contributed by atoms with Crippen molar-refractivity contribution in [3.63, 3.8) is 0 Å². The molecule has 0 radical (unpaired) electrons. The molecule has 0 amide bonds. The molecule has 2 heteroatoms. The minimum atomic E-state index is 1.04. The van der Waals surface area contributed by atoms with Gasteiger partial charge < -0.3 is 0 Å². The first-order chi connectivity index (χ1) is 21.0. The highest BCUT2D eigenvalue weighted by Gasteiger charge is 2.25. The van der Waals surface area contributed by atoms with Gasteiger partial charge in [0.15, 0.2) is 12.4 Å². The fourth-order valence-corrected chi connectivity index (χ4v) is 5.13. The Kier molecular flexibility index (Phi) is 17.2. The lowest BCUT2D eigenvalue weighted by Gasteiger charge is -2.10. The molecule has 2 heterocycles. The molecule has 43 heavy (non-hydrogen) atoms. The van der Waals surface area contributed by atoms with Crippen LogP contribution in [-0.2, 0) is 20.5 Å². The molecule has 0 N–H and O–H groups in total. The van der Waals surface area contributed by atoms with Gasteiger partial charge in [0.05, 0.1) is 5.56 Å². The molecule has 0 atom stereocenters. The van der Waals surface area contributed by atoms with Crippen LogP contribution in [-0.4, -0.2) is 0 Å². The highest BCUT2D eigenvalue weighted by atomic mass is 14.9. The van der Waals surface area contributed by atoms with E-state index in [1.165, 1.54) is 55.9 Å². The van der Waals surface area contributed by atoms with Gasteiger partial charge in [0.2, 0.25) is 11.4 Å². The van der Waals surface area contributed by atoms with Crippen molar-refractivity contribution >= 4 is 0 Å². The van der Waals surface area contributed by atoms with Crippen LogP contribution in [0.2, 0.25) is 0 Å². The molecule has 0 aliphatic heterocycles. The van der Waals surface area contributed by atoms with Gasteiger partial charge in [0.25, 0.3) is 0 Å². The van der Waals surface area contributed by atoms with E-state index in [9.17, 15) is 0 Å². The average Bonchev–Trinajstić information content (AvgIpc) is 3.45. The lowest BCUT2D eigenvalue weighted by atomic mass is 9.94. The van der Waals surface area contributed by atoms with E-state index in [0.717, 1.165) is 6.42 Å². The molecule has 0 bridgehead atoms. The summed E-state index contributed by atoms with van der Waals surface area (Å²) in [6.45, 7) is 20.4. The fourth-order valence-electron chi connectivity index (χ4n) is 5.13. The van der Waals surface area contributed by atoms with E-state index in [0.29, 0.717) is 0 Å². The third-order valence-corrected chi connectivity index (χ3v) is 6.98. The number of fused-ring (bicyclic) bond motifs is 3. The molecule has 0 saturated carbocycles. The second kappa shape index (κ2) is 20.0. The molecule has 5 aromatic rings. The molecule has 0 spiro atoms. The molecule has 1 aliphatic rings. The van der Waals surface area contributed by atoms with Crippen LogP contribution in [0.3, 0.4) is 0 Å². The van der Waals surface area contributed by atoms with E-state index in [2.05, 4.69) is 140 Å². The van der Waals surface area contributed by atoms with Gasteiger partial charge in [-0.1, -0.05) is 110 Å². The summed E-state index contributed by atoms with van der Waals surface area (Å²) in [7, 11) is 4.19. The smallest absolute Gasteiger partial charge is 0.201 e. The summed E-state index contributed by atoms with van der Waals surface area (Å²) < 4.78 is 4.36. The number of nitrogens with zero attached hydrogens (tertiary/aromatic N) is 2. The van der Waals surface area contributed by atoms with Crippen LogP contribution in [0.5, 0.6) is 0 Å². The van der Waals surface area contributed by atoms with Gasteiger partial charge in [-0.2, -0.15) is 0 Å². The van der Waals surface area contributed by atoms with Crippen molar-refractivity contribution in [1.29, 1.82) is 0 Å². The van der Waals surface area contributed by atoms with E-state index < -0.39 is 0 Å². The molecule has 0 saturated heterocycles. The summed E-state index contributed by atoms with van der Waals surface area (Å²) in [4.78, 5) is 0. The molecule has 2 nitrogen and oxygen atoms in total. The Morgan fingerprint density at radius 1 is 0.442 bits per heavy atom. The zero-order chi connectivity index (χ0) is 32.4. The Balaban J connectivity index is 0.000000367. The topological polar surface area (TPSA) is 7.76 Å². The first-order valence-electron chi connectivity index (χ1n) is 16.2. The minimum absolute atomic E-state index is 1.04. The number of benzene rings is 3. The highest BCUT2D eigenvalue weighted by Crippen LogP contribution is 2.42. The Morgan fingerprint density at radius 3 is 1.49 bits per heavy atom. The molecule has 3 aromatic carbocycles. The van der Waals surface area contributed by atoms with Crippen LogP contribution < -0.4 is 9.13 Å². The highest BCUT2D eigenvalue weighted by molar-refractivity contribution is 5.84. The van der Waals surface area contributed by atoms with Crippen LogP contribution in [0, 0.1) is 13.8 Å². The number of hydrogen-bond acceptors (Lipinski definition) is 0. The van der Waals surface area contributed by atoms with Crippen molar-refractivity contribution in [3.05, 3.63) is 132 Å². The zero-order valence-electron chi connectivity index (χ0n) is 29.0. The van der Waals surface area contributed by atoms with E-state index in [1.54, 1.807) is 0 Å². The molecule has 0 unspecified atom stereocenters. The van der Waals surface area contributed by atoms with Crippen LogP contribution in [0.1, 0.15) is 77.6 Å². The Labute approximate surface area is 263 Å². The molecular weight excluding hydrogens is 520 g/mol. The lowest BCUT2D eigenvalue weighted by Crippen LogP contribution is -2.30. The summed E-state index contributed by atoms with van der Waals surface area (Å²) in [6.07, 6.45) is 5.23. The van der Waals surface area contributed by atoms with Crippen LogP contribution >= 0.6 is 0 Å². The first kappa shape index (κ1) is 37.0. The first-order valence-corrected chi connectivity index (χ1v) is 16.2. The summed E-state index contributed by atoms with van der Waals surface area (Å²) in [6, 6.07) is 34.4. The summed E-state index contributed by atoms with van der Waals surface area (Å²) in [5, 5.41) is 0. The third-order valence-electron chi connectivity index (χ3n) is 6.98. The Hall–Kier alpha value is -4.04. The van der Waals surface area contributed by atoms with E-state index >= 15 is 0 Å². The van der Waals surface area contributed by atoms with E-state index in [1.807, 2.05) is 61.5 Å². The predicted octanol–water partition coefficient (Wildman–Crippen LogP) is 10.6. The number of aromatic nitrogens is 2. The van der Waals surface area contributed by atoms with E-state index in [-0.39, 0.29) is 0 Å². The molecular formula is C41H56N2+2. The monoisotopic (exact) mass is 576 g/mol. The summed E-state index contributed by atoms with van der Waals surface area (Å²) in [5.74, 6) is 0. The van der Waals surface area contributed by atoms with Crippen molar-refractivity contribution in [2.45, 2.75) is 75.7 Å². The van der Waals surface area contributed by atoms with Crippen LogP contribution in [0.4, 0.5) is 0 Å². The number of aryl methyl sites for hydroxylation is 4. The van der Waals surface area contributed by atoms with Gasteiger partial charge in [-0.15, -0.1) is 0 Å². The lowest BCUT2D eigenvalue weighted by molar-refractivity contribution is -0.660. The quantitative estimate of drug-likeness (QED) is 0.181. The SMILES string of the molecule is CC.CC.CC.CC.Cc1ccc2c(c1-c1cccc[n+]1C)Cc1ccccc1-2.Cc1ccccc1-c1cccc[n+]1C. The normalized spacial score (nSPS) is 9.77. The number of hydrogen-bond donors (Lipinski definition) is 0. The molecule has 228 valence electrons. The Morgan fingerprint density at radius 2 is 0.930 bits per heavy atom. The van der Waals surface area contributed by atoms with Crippen molar-refractivity contribution in [3.8, 4) is 33.6 Å². The molecule has 0 fully saturated rings. The summed E-state index contributed by atoms with van der Waals surface area (Å²) >= 11 is 0. The van der Waals surface area contributed by atoms with Crippen LogP contribution in [0.25, 0.3) is 33.6 Å². The average molecular weight is 577 g/mol. The van der Waals surface area contributed by atoms with Gasteiger partial charge in [0.1, 0.15) is 14.1 Å². The van der Waals surface area contributed by atoms with Crippen molar-refractivity contribution in [2.24, 2.45) is 14.1 Å². The van der Waals surface area contributed by atoms with Gasteiger partial charge >= 0.3 is 0 Å². The fraction of sp³-hybridized carbons (Fsp3) is 0.317. The van der Waals surface area contributed by atoms with Gasteiger partial charge in [0, 0.05) is 29.8 Å². The summed E-state index contributed by atoms with van der Waals surface area (Å²) in [5.41, 5.74) is 13.6. The number of pyridine rings is 2. The zero-order valence-corrected chi connectivity index (χ0v) is 29.0. The maximum atomic E-state index is 2.28. The largest absolute Gasteiger partial charge is 0.212 e. The van der Waals surface area contributed by atoms with Crippen molar-refractivity contribution < 1.29 is 9.13 Å². The number of rotatable bonds is 2. The minimum Gasteiger partial charge on any atom is -0.201 e. The molecule has 2 aromatic heterocycles. The van der Waals surface area contributed by atoms with E-state index in [4.69, 9.17) is 0 Å². The molecule has 1 aliphatic carbocycles. The van der Waals surface area contributed by atoms with Crippen molar-refractivity contribution in [2.75, 3.05) is 0 Å². The molecule has 6 rings (SSSR count). The maximum Gasteiger partial charge on any atom is 0.212 e. The van der Waals surface area contributed by atoms with Crippen molar-refractivity contribution in [1.82, 2.24) is 0 Å². The predicted molar refractivity (Wildman–Crippen MR) is 189 cm³/mol. The van der Waals surface area contributed by atoms with Gasteiger partial charge in [-0.05, 0) is 71.8 Å². The van der Waals surface area contributed by atoms with Gasteiger partial charge in [-0.25, -0.2) is 9.13 Å². The standard InChI is InChI=1S/C20H18N.C13H14N.4C2H6/c1-14-10-11-17-16-8-4-3-7-15(16)13-18(17)20(14)19-9-5-6-12-21(19)2;1-11-7-3-4-8-12(11)13-9-5-6-10-14(13)2;4*1-2/h3-12H,13H2,1-2H3;3-10H,1-2H3;4*1-2H3/q2*+1;;;;. The van der Waals surface area contributed by atoms with Crippen LogP contribution in [0.15, 0.2) is 109 Å². The second-order valence-electron chi connectivity index (χ2n) is 9.33. The van der Waals surface area contributed by atoms with Gasteiger partial charge in [-0.3, -0.25) is 0 Å². The maximum absolute atomic E-state index is 2.28. The Bertz CT molecular complexity index is 1470. The second-order valence-corrected chi connectivity index (χ2v) is 9.33.